The van der Waals surface area contributed by atoms with Crippen LogP contribution in [0.4, 0.5) is 0 Å². The Morgan fingerprint density at radius 1 is 1.14 bits per heavy atom. The summed E-state index contributed by atoms with van der Waals surface area (Å²) in [6.07, 6.45) is 3.56. The number of aromatic nitrogens is 2. The molecule has 0 aliphatic heterocycles. The number of benzene rings is 1. The molecule has 7 heteroatoms. The van der Waals surface area contributed by atoms with Crippen molar-refractivity contribution in [2.45, 2.75) is 43.0 Å². The van der Waals surface area contributed by atoms with Crippen molar-refractivity contribution in [3.05, 3.63) is 65.5 Å². The molecule has 1 atom stereocenters. The molecule has 6 nitrogen and oxygen atoms in total. The first kappa shape index (κ1) is 19.4. The maximum Gasteiger partial charge on any atom is 0.238 e. The number of ketones is 1. The van der Waals surface area contributed by atoms with Crippen LogP contribution >= 0.6 is 11.8 Å². The maximum absolute atomic E-state index is 13.0. The number of furan rings is 1. The van der Waals surface area contributed by atoms with Gasteiger partial charge in [0.1, 0.15) is 10.3 Å². The molecule has 1 fully saturated rings. The van der Waals surface area contributed by atoms with E-state index in [0.29, 0.717) is 27.9 Å². The van der Waals surface area contributed by atoms with Gasteiger partial charge in [-0.15, -0.1) is 0 Å². The Balaban J connectivity index is 1.75. The number of nitrogens with zero attached hydrogens (tertiary/aromatic N) is 2. The average Bonchev–Trinajstić information content (AvgIpc) is 3.34. The third kappa shape index (κ3) is 4.40. The third-order valence-corrected chi connectivity index (χ3v) is 5.88. The van der Waals surface area contributed by atoms with E-state index in [9.17, 15) is 9.59 Å². The standard InChI is InChI=1S/C22H21N3O3S/c1-13-18(14(2)26)22(25-20(23-13)17-9-6-12-28-17)29-19(15-7-4-3-5-8-15)21(27)24-16-10-11-16/h3-9,12,16,19H,10-11H2,1-2H3,(H,24,27)/t19-/m0/s1. The molecule has 0 radical (unpaired) electrons. The molecule has 3 aromatic rings. The highest BCUT2D eigenvalue weighted by atomic mass is 32.2. The Morgan fingerprint density at radius 3 is 2.52 bits per heavy atom. The Labute approximate surface area is 173 Å². The molecule has 29 heavy (non-hydrogen) atoms. The van der Waals surface area contributed by atoms with Crippen LogP contribution < -0.4 is 5.32 Å². The van der Waals surface area contributed by atoms with Gasteiger partial charge in [-0.05, 0) is 44.4 Å². The lowest BCUT2D eigenvalue weighted by Gasteiger charge is -2.18. The minimum Gasteiger partial charge on any atom is -0.461 e. The number of nitrogens with one attached hydrogen (secondary N) is 1. The van der Waals surface area contributed by atoms with Crippen LogP contribution in [-0.4, -0.2) is 27.7 Å². The highest BCUT2D eigenvalue weighted by molar-refractivity contribution is 8.00. The molecule has 1 aliphatic rings. The van der Waals surface area contributed by atoms with Crippen LogP contribution in [0, 0.1) is 6.92 Å². The number of carbonyl (C=O) groups excluding carboxylic acids is 2. The van der Waals surface area contributed by atoms with Gasteiger partial charge >= 0.3 is 0 Å². The van der Waals surface area contributed by atoms with Crippen molar-refractivity contribution >= 4 is 23.5 Å². The van der Waals surface area contributed by atoms with E-state index < -0.39 is 5.25 Å². The minimum atomic E-state index is -0.520. The van der Waals surface area contributed by atoms with Crippen LogP contribution in [0.3, 0.4) is 0 Å². The number of amides is 1. The molecule has 1 saturated carbocycles. The molecule has 0 bridgehead atoms. The zero-order valence-corrected chi connectivity index (χ0v) is 17.0. The second-order valence-electron chi connectivity index (χ2n) is 7.04. The molecule has 1 aliphatic carbocycles. The van der Waals surface area contributed by atoms with Crippen LogP contribution in [0.2, 0.25) is 0 Å². The largest absolute Gasteiger partial charge is 0.461 e. The van der Waals surface area contributed by atoms with Crippen LogP contribution in [0.1, 0.15) is 46.6 Å². The van der Waals surface area contributed by atoms with E-state index in [2.05, 4.69) is 15.3 Å². The fourth-order valence-corrected chi connectivity index (χ4v) is 4.31. The normalized spacial score (nSPS) is 14.4. The topological polar surface area (TPSA) is 85.1 Å². The van der Waals surface area contributed by atoms with E-state index in [1.165, 1.54) is 18.7 Å². The van der Waals surface area contributed by atoms with Crippen LogP contribution in [0.25, 0.3) is 11.6 Å². The van der Waals surface area contributed by atoms with E-state index in [4.69, 9.17) is 4.42 Å². The summed E-state index contributed by atoms with van der Waals surface area (Å²) in [6.45, 7) is 3.26. The van der Waals surface area contributed by atoms with Gasteiger partial charge in [-0.3, -0.25) is 9.59 Å². The Kier molecular flexibility index (Phi) is 5.49. The van der Waals surface area contributed by atoms with Gasteiger partial charge in [0.15, 0.2) is 17.4 Å². The Morgan fingerprint density at radius 2 is 1.90 bits per heavy atom. The number of hydrogen-bond acceptors (Lipinski definition) is 6. The van der Waals surface area contributed by atoms with Gasteiger partial charge in [0, 0.05) is 6.04 Å². The first-order chi connectivity index (χ1) is 14.0. The summed E-state index contributed by atoms with van der Waals surface area (Å²) in [7, 11) is 0. The van der Waals surface area contributed by atoms with Crippen LogP contribution in [0.15, 0.2) is 58.2 Å². The molecule has 2 aromatic heterocycles. The molecule has 1 amide bonds. The molecular weight excluding hydrogens is 386 g/mol. The summed E-state index contributed by atoms with van der Waals surface area (Å²) in [5.41, 5.74) is 1.86. The monoisotopic (exact) mass is 407 g/mol. The zero-order valence-electron chi connectivity index (χ0n) is 16.2. The minimum absolute atomic E-state index is 0.0750. The number of thioether (sulfide) groups is 1. The van der Waals surface area contributed by atoms with Gasteiger partial charge in [-0.2, -0.15) is 0 Å². The van der Waals surface area contributed by atoms with Gasteiger partial charge < -0.3 is 9.73 Å². The lowest BCUT2D eigenvalue weighted by molar-refractivity contribution is -0.120. The predicted molar refractivity (Wildman–Crippen MR) is 111 cm³/mol. The quantitative estimate of drug-likeness (QED) is 0.356. The van der Waals surface area contributed by atoms with Crippen molar-refractivity contribution in [2.75, 3.05) is 0 Å². The molecule has 0 spiro atoms. The first-order valence-corrected chi connectivity index (χ1v) is 10.4. The molecule has 0 unspecified atom stereocenters. The molecule has 4 rings (SSSR count). The van der Waals surface area contributed by atoms with Gasteiger partial charge in [0.2, 0.25) is 5.91 Å². The SMILES string of the molecule is CC(=O)c1c(C)nc(-c2ccco2)nc1S[C@H](C(=O)NC1CC1)c1ccccc1. The van der Waals surface area contributed by atoms with Crippen LogP contribution in [0.5, 0.6) is 0 Å². The van der Waals surface area contributed by atoms with E-state index in [0.717, 1.165) is 18.4 Å². The second kappa shape index (κ2) is 8.21. The maximum atomic E-state index is 13.0. The van der Waals surface area contributed by atoms with E-state index >= 15 is 0 Å². The molecule has 2 heterocycles. The fraction of sp³-hybridized carbons (Fsp3) is 0.273. The third-order valence-electron chi connectivity index (χ3n) is 4.64. The fourth-order valence-electron chi connectivity index (χ4n) is 3.07. The van der Waals surface area contributed by atoms with Crippen molar-refractivity contribution in [1.29, 1.82) is 0 Å². The summed E-state index contributed by atoms with van der Waals surface area (Å²) < 4.78 is 5.43. The number of aryl methyl sites for hydroxylation is 1. The smallest absolute Gasteiger partial charge is 0.238 e. The van der Waals surface area contributed by atoms with Crippen molar-refractivity contribution in [2.24, 2.45) is 0 Å². The van der Waals surface area contributed by atoms with Crippen molar-refractivity contribution in [3.63, 3.8) is 0 Å². The second-order valence-corrected chi connectivity index (χ2v) is 8.13. The highest BCUT2D eigenvalue weighted by Gasteiger charge is 2.31. The molecule has 1 aromatic carbocycles. The van der Waals surface area contributed by atoms with Crippen LogP contribution in [-0.2, 0) is 4.79 Å². The highest BCUT2D eigenvalue weighted by Crippen LogP contribution is 2.38. The molecule has 1 N–H and O–H groups in total. The summed E-state index contributed by atoms with van der Waals surface area (Å²) in [4.78, 5) is 34.4. The van der Waals surface area contributed by atoms with Crippen molar-refractivity contribution in [1.82, 2.24) is 15.3 Å². The number of rotatable bonds is 7. The predicted octanol–water partition coefficient (Wildman–Crippen LogP) is 4.36. The summed E-state index contributed by atoms with van der Waals surface area (Å²) in [5, 5.41) is 3.03. The number of Topliss-reactive ketones (excluding diaryl/α,β-unsaturated/α-hetero) is 1. The van der Waals surface area contributed by atoms with E-state index in [1.807, 2.05) is 30.3 Å². The van der Waals surface area contributed by atoms with Gasteiger partial charge in [-0.1, -0.05) is 42.1 Å². The lowest BCUT2D eigenvalue weighted by Crippen LogP contribution is -2.30. The van der Waals surface area contributed by atoms with Gasteiger partial charge in [-0.25, -0.2) is 9.97 Å². The molecular formula is C22H21N3O3S. The summed E-state index contributed by atoms with van der Waals surface area (Å²) in [6, 6.07) is 13.3. The zero-order chi connectivity index (χ0) is 20.4. The van der Waals surface area contributed by atoms with Crippen molar-refractivity contribution < 1.29 is 14.0 Å². The van der Waals surface area contributed by atoms with Gasteiger partial charge in [0.25, 0.3) is 0 Å². The van der Waals surface area contributed by atoms with E-state index in [-0.39, 0.29) is 17.7 Å². The van der Waals surface area contributed by atoms with Gasteiger partial charge in [0.05, 0.1) is 17.5 Å². The summed E-state index contributed by atoms with van der Waals surface area (Å²) in [5.74, 6) is 0.706. The Bertz CT molecular complexity index is 1030. The molecule has 148 valence electrons. The number of carbonyl (C=O) groups is 2. The molecule has 0 saturated heterocycles. The van der Waals surface area contributed by atoms with E-state index in [1.54, 1.807) is 25.3 Å². The summed E-state index contributed by atoms with van der Waals surface area (Å²) >= 11 is 1.27. The van der Waals surface area contributed by atoms with Crippen molar-refractivity contribution in [3.8, 4) is 11.6 Å². The lowest BCUT2D eigenvalue weighted by atomic mass is 10.1. The average molecular weight is 407 g/mol. The Hall–Kier alpha value is -2.93. The first-order valence-electron chi connectivity index (χ1n) is 9.48. The number of hydrogen-bond donors (Lipinski definition) is 1.